The van der Waals surface area contributed by atoms with E-state index in [0.717, 1.165) is 16.4 Å². The number of carboxylic acids is 1. The van der Waals surface area contributed by atoms with E-state index in [2.05, 4.69) is 20.8 Å². The van der Waals surface area contributed by atoms with Gasteiger partial charge in [-0.15, -0.1) is 9.24 Å². The van der Waals surface area contributed by atoms with E-state index in [4.69, 9.17) is 0 Å². The lowest BCUT2D eigenvalue weighted by atomic mass is 10.0. The van der Waals surface area contributed by atoms with Crippen molar-refractivity contribution in [1.29, 1.82) is 0 Å². The number of fused-ring (bicyclic) bond motifs is 1. The van der Waals surface area contributed by atoms with Crippen molar-refractivity contribution in [2.75, 3.05) is 0 Å². The molecule has 3 nitrogen and oxygen atoms in total. The Balaban J connectivity index is 2.25. The van der Waals surface area contributed by atoms with Gasteiger partial charge < -0.3 is 5.11 Å². The normalized spacial score (nSPS) is 10.6. The molecule has 2 aromatic carbocycles. The minimum atomic E-state index is -0.950. The fourth-order valence-corrected chi connectivity index (χ4v) is 2.81. The lowest BCUT2D eigenvalue weighted by Gasteiger charge is -2.09. The second-order valence-electron chi connectivity index (χ2n) is 4.93. The number of para-hydroxylation sites is 1. The van der Waals surface area contributed by atoms with Gasteiger partial charge in [-0.2, -0.15) is 0 Å². The molecule has 0 aliphatic rings. The van der Waals surface area contributed by atoms with Gasteiger partial charge in [-0.3, -0.25) is 0 Å². The van der Waals surface area contributed by atoms with Crippen LogP contribution in [0.4, 0.5) is 0 Å². The number of carboxylic acid groups (broad SMARTS) is 1. The first-order valence-corrected chi connectivity index (χ1v) is 7.33. The second kappa shape index (κ2) is 5.70. The van der Waals surface area contributed by atoms with E-state index in [-0.39, 0.29) is 5.56 Å². The van der Waals surface area contributed by atoms with Gasteiger partial charge in [0.25, 0.3) is 0 Å². The fraction of sp³-hybridized carbons (Fsp3) is 0. The zero-order chi connectivity index (χ0) is 15.7. The number of aromatic carboxylic acids is 1. The molecule has 3 aromatic rings. The quantitative estimate of drug-likeness (QED) is 0.750. The number of hydrogen-bond acceptors (Lipinski definition) is 2. The first-order valence-electron chi connectivity index (χ1n) is 6.75. The monoisotopic (exact) mass is 307 g/mol. The van der Waals surface area contributed by atoms with Crippen molar-refractivity contribution in [3.63, 3.8) is 0 Å². The topological polar surface area (TPSA) is 50.2 Å². The van der Waals surface area contributed by atoms with Crippen LogP contribution >= 0.6 is 9.24 Å². The van der Waals surface area contributed by atoms with Gasteiger partial charge in [-0.05, 0) is 29.1 Å². The van der Waals surface area contributed by atoms with Crippen LogP contribution in [0.25, 0.3) is 28.2 Å². The molecule has 1 aromatic heterocycles. The van der Waals surface area contributed by atoms with Crippen LogP contribution in [-0.4, -0.2) is 16.1 Å². The molecule has 1 N–H and O–H groups in total. The summed E-state index contributed by atoms with van der Waals surface area (Å²) in [5.74, 6) is -0.950. The van der Waals surface area contributed by atoms with E-state index in [1.165, 1.54) is 0 Å². The van der Waals surface area contributed by atoms with Crippen LogP contribution in [0, 0.1) is 0 Å². The Morgan fingerprint density at radius 1 is 1.18 bits per heavy atom. The maximum absolute atomic E-state index is 11.5. The summed E-state index contributed by atoms with van der Waals surface area (Å²) in [6.07, 6.45) is 1.78. The highest BCUT2D eigenvalue weighted by Gasteiger charge is 2.12. The summed E-state index contributed by atoms with van der Waals surface area (Å²) in [6, 6.07) is 14.7. The predicted octanol–water partition coefficient (Wildman–Crippen LogP) is 3.74. The summed E-state index contributed by atoms with van der Waals surface area (Å²) >= 11 is 0. The Hall–Kier alpha value is -2.51. The molecule has 0 radical (unpaired) electrons. The average molecular weight is 307 g/mol. The smallest absolute Gasteiger partial charge is 0.336 e. The third kappa shape index (κ3) is 2.51. The van der Waals surface area contributed by atoms with Crippen LogP contribution in [0.3, 0.4) is 0 Å². The summed E-state index contributed by atoms with van der Waals surface area (Å²) in [6.45, 7) is 3.77. The number of carbonyl (C=O) groups is 1. The highest BCUT2D eigenvalue weighted by atomic mass is 31.0. The summed E-state index contributed by atoms with van der Waals surface area (Å²) in [7, 11) is 2.66. The van der Waals surface area contributed by atoms with Gasteiger partial charge in [0.05, 0.1) is 16.8 Å². The van der Waals surface area contributed by atoms with Gasteiger partial charge in [0.15, 0.2) is 0 Å². The maximum Gasteiger partial charge on any atom is 0.336 e. The van der Waals surface area contributed by atoms with Crippen molar-refractivity contribution < 1.29 is 9.90 Å². The van der Waals surface area contributed by atoms with Crippen molar-refractivity contribution in [1.82, 2.24) is 4.98 Å². The van der Waals surface area contributed by atoms with Crippen molar-refractivity contribution >= 4 is 37.5 Å². The fourth-order valence-electron chi connectivity index (χ4n) is 2.42. The molecule has 0 saturated heterocycles. The Kier molecular flexibility index (Phi) is 3.74. The molecule has 3 rings (SSSR count). The number of aromatic nitrogens is 1. The van der Waals surface area contributed by atoms with Gasteiger partial charge in [0, 0.05) is 10.9 Å². The molecule has 0 aliphatic carbocycles. The van der Waals surface area contributed by atoms with Crippen LogP contribution in [-0.2, 0) is 0 Å². The average Bonchev–Trinajstić information content (AvgIpc) is 2.53. The molecule has 1 heterocycles. The molecule has 108 valence electrons. The molecule has 22 heavy (non-hydrogen) atoms. The molecular formula is C18H14NO2P. The van der Waals surface area contributed by atoms with Crippen molar-refractivity contribution in [3.8, 4) is 11.3 Å². The van der Waals surface area contributed by atoms with Gasteiger partial charge in [-0.1, -0.05) is 43.0 Å². The largest absolute Gasteiger partial charge is 0.478 e. The molecular weight excluding hydrogens is 293 g/mol. The Labute approximate surface area is 130 Å². The minimum Gasteiger partial charge on any atom is -0.478 e. The van der Waals surface area contributed by atoms with Crippen LogP contribution in [0.15, 0.2) is 55.1 Å². The van der Waals surface area contributed by atoms with E-state index in [1.54, 1.807) is 18.2 Å². The molecule has 0 fully saturated rings. The van der Waals surface area contributed by atoms with Crippen LogP contribution in [0.2, 0.25) is 0 Å². The highest BCUT2D eigenvalue weighted by Crippen LogP contribution is 2.25. The first-order chi connectivity index (χ1) is 10.6. The van der Waals surface area contributed by atoms with E-state index >= 15 is 0 Å². The van der Waals surface area contributed by atoms with E-state index in [0.29, 0.717) is 16.6 Å². The first kappa shape index (κ1) is 14.4. The Morgan fingerprint density at radius 2 is 1.95 bits per heavy atom. The summed E-state index contributed by atoms with van der Waals surface area (Å²) in [5.41, 5.74) is 3.49. The standard InChI is InChI=1S/C18H14NO2P/c1-2-11-7-8-12(9-17(11)22)16-10-14(18(20)21)13-5-3-4-6-15(13)19-16/h2-10H,1,22H2,(H,20,21). The number of hydrogen-bond donors (Lipinski definition) is 1. The number of nitrogens with zero attached hydrogens (tertiary/aromatic N) is 1. The third-order valence-electron chi connectivity index (χ3n) is 3.55. The van der Waals surface area contributed by atoms with Crippen LogP contribution in [0.5, 0.6) is 0 Å². The molecule has 0 amide bonds. The lowest BCUT2D eigenvalue weighted by Crippen LogP contribution is -2.02. The van der Waals surface area contributed by atoms with Crippen molar-refractivity contribution in [2.24, 2.45) is 0 Å². The highest BCUT2D eigenvalue weighted by molar-refractivity contribution is 7.27. The Morgan fingerprint density at radius 3 is 2.64 bits per heavy atom. The van der Waals surface area contributed by atoms with Gasteiger partial charge in [0.2, 0.25) is 0 Å². The summed E-state index contributed by atoms with van der Waals surface area (Å²) in [4.78, 5) is 16.1. The third-order valence-corrected chi connectivity index (χ3v) is 4.05. The molecule has 0 saturated carbocycles. The molecule has 0 bridgehead atoms. The summed E-state index contributed by atoms with van der Waals surface area (Å²) in [5, 5.41) is 11.1. The van der Waals surface area contributed by atoms with Gasteiger partial charge in [-0.25, -0.2) is 9.78 Å². The number of rotatable bonds is 3. The molecule has 1 atom stereocenters. The minimum absolute atomic E-state index is 0.263. The predicted molar refractivity (Wildman–Crippen MR) is 93.6 cm³/mol. The second-order valence-corrected chi connectivity index (χ2v) is 5.55. The Bertz CT molecular complexity index is 903. The van der Waals surface area contributed by atoms with E-state index < -0.39 is 5.97 Å². The van der Waals surface area contributed by atoms with Gasteiger partial charge >= 0.3 is 5.97 Å². The van der Waals surface area contributed by atoms with E-state index in [9.17, 15) is 9.90 Å². The molecule has 4 heteroatoms. The van der Waals surface area contributed by atoms with Crippen molar-refractivity contribution in [2.45, 2.75) is 0 Å². The lowest BCUT2D eigenvalue weighted by molar-refractivity contribution is 0.0699. The van der Waals surface area contributed by atoms with Crippen LogP contribution < -0.4 is 5.30 Å². The van der Waals surface area contributed by atoms with Crippen molar-refractivity contribution in [3.05, 3.63) is 66.2 Å². The molecule has 1 unspecified atom stereocenters. The maximum atomic E-state index is 11.5. The SMILES string of the molecule is C=Cc1ccc(-c2cc(C(=O)O)c3ccccc3n2)cc1P. The number of pyridine rings is 1. The molecule has 0 spiro atoms. The number of benzene rings is 2. The zero-order valence-corrected chi connectivity index (χ0v) is 12.9. The summed E-state index contributed by atoms with van der Waals surface area (Å²) < 4.78 is 0. The van der Waals surface area contributed by atoms with Crippen LogP contribution in [0.1, 0.15) is 15.9 Å². The zero-order valence-electron chi connectivity index (χ0n) is 11.8. The van der Waals surface area contributed by atoms with E-state index in [1.807, 2.05) is 36.4 Å². The van der Waals surface area contributed by atoms with Gasteiger partial charge in [0.1, 0.15) is 0 Å². The molecule has 0 aliphatic heterocycles.